The second kappa shape index (κ2) is 10.8. The lowest BCUT2D eigenvalue weighted by Gasteiger charge is -2.22. The van der Waals surface area contributed by atoms with Gasteiger partial charge in [-0.2, -0.15) is 4.31 Å². The fourth-order valence-electron chi connectivity index (χ4n) is 3.77. The van der Waals surface area contributed by atoms with Gasteiger partial charge in [0.25, 0.3) is 5.91 Å². The van der Waals surface area contributed by atoms with Crippen LogP contribution in [0.2, 0.25) is 0 Å². The van der Waals surface area contributed by atoms with Crippen molar-refractivity contribution in [3.63, 3.8) is 0 Å². The third-order valence-corrected chi connectivity index (χ3v) is 7.64. The van der Waals surface area contributed by atoms with Crippen LogP contribution in [0.25, 0.3) is 0 Å². The van der Waals surface area contributed by atoms with Crippen LogP contribution in [0.5, 0.6) is 11.5 Å². The highest BCUT2D eigenvalue weighted by molar-refractivity contribution is 7.89. The molecule has 2 aromatic rings. The minimum absolute atomic E-state index is 0.0392. The van der Waals surface area contributed by atoms with Crippen molar-refractivity contribution in [2.24, 2.45) is 0 Å². The molecule has 0 saturated carbocycles. The lowest BCUT2D eigenvalue weighted by molar-refractivity contribution is 0.0773. The first-order valence-electron chi connectivity index (χ1n) is 11.0. The second-order valence-corrected chi connectivity index (χ2v) is 9.93. The number of aryl methyl sites for hydroxylation is 1. The van der Waals surface area contributed by atoms with E-state index in [0.29, 0.717) is 31.8 Å². The highest BCUT2D eigenvalue weighted by atomic mass is 32.2. The van der Waals surface area contributed by atoms with Gasteiger partial charge in [-0.25, -0.2) is 8.42 Å². The van der Waals surface area contributed by atoms with Crippen molar-refractivity contribution in [1.29, 1.82) is 0 Å². The highest BCUT2D eigenvalue weighted by Gasteiger charge is 2.29. The normalized spacial score (nSPS) is 15.1. The molecule has 0 spiro atoms. The van der Waals surface area contributed by atoms with Gasteiger partial charge in [0, 0.05) is 25.7 Å². The number of methoxy groups -OCH3 is 1. The summed E-state index contributed by atoms with van der Waals surface area (Å²) in [6.07, 6.45) is 3.72. The number of carbonyl (C=O) groups excluding carboxylic acids is 1. The first kappa shape index (κ1) is 24.1. The third kappa shape index (κ3) is 5.61. The number of rotatable bonds is 8. The molecule has 7 nitrogen and oxygen atoms in total. The van der Waals surface area contributed by atoms with Crippen molar-refractivity contribution in [2.45, 2.75) is 37.5 Å². The Hall–Kier alpha value is -2.58. The molecule has 1 amide bonds. The molecule has 1 heterocycles. The molecule has 1 fully saturated rings. The zero-order valence-electron chi connectivity index (χ0n) is 19.0. The summed E-state index contributed by atoms with van der Waals surface area (Å²) in [5.41, 5.74) is 1.33. The van der Waals surface area contributed by atoms with E-state index in [2.05, 4.69) is 0 Å². The molecular formula is C24H32N2O5S. The molecule has 1 aliphatic rings. The van der Waals surface area contributed by atoms with Gasteiger partial charge in [0.1, 0.15) is 23.0 Å². The van der Waals surface area contributed by atoms with Crippen LogP contribution < -0.4 is 9.47 Å². The van der Waals surface area contributed by atoms with Crippen LogP contribution in [0.4, 0.5) is 0 Å². The zero-order chi connectivity index (χ0) is 23.1. The molecule has 0 N–H and O–H groups in total. The second-order valence-electron chi connectivity index (χ2n) is 8.02. The summed E-state index contributed by atoms with van der Waals surface area (Å²) < 4.78 is 39.3. The van der Waals surface area contributed by atoms with Gasteiger partial charge >= 0.3 is 0 Å². The van der Waals surface area contributed by atoms with Crippen molar-refractivity contribution in [1.82, 2.24) is 9.21 Å². The molecule has 2 aromatic carbocycles. The van der Waals surface area contributed by atoms with E-state index in [1.165, 1.54) is 22.4 Å². The Balaban J connectivity index is 1.74. The standard InChI is InChI=1S/C24H32N2O5S/c1-19-10-6-7-11-21(19)31-17-16-25(2)24(27)20-12-13-22(30-3)23(18-20)32(28,29)26-14-8-4-5-9-15-26/h6-7,10-13,18H,4-5,8-9,14-17H2,1-3H3. The SMILES string of the molecule is COc1ccc(C(=O)N(C)CCOc2ccccc2C)cc1S(=O)(=O)N1CCCCCC1. The Bertz CT molecular complexity index is 1030. The monoisotopic (exact) mass is 460 g/mol. The first-order chi connectivity index (χ1) is 15.3. The summed E-state index contributed by atoms with van der Waals surface area (Å²) in [5.74, 6) is 0.758. The number of benzene rings is 2. The summed E-state index contributed by atoms with van der Waals surface area (Å²) >= 11 is 0. The van der Waals surface area contributed by atoms with Crippen molar-refractivity contribution in [3.05, 3.63) is 53.6 Å². The molecule has 1 aliphatic heterocycles. The summed E-state index contributed by atoms with van der Waals surface area (Å²) in [6.45, 7) is 3.64. The van der Waals surface area contributed by atoms with Crippen LogP contribution in [0.3, 0.4) is 0 Å². The number of para-hydroxylation sites is 1. The van der Waals surface area contributed by atoms with Gasteiger partial charge < -0.3 is 14.4 Å². The minimum Gasteiger partial charge on any atom is -0.495 e. The molecule has 8 heteroatoms. The summed E-state index contributed by atoms with van der Waals surface area (Å²) in [4.78, 5) is 14.6. The summed E-state index contributed by atoms with van der Waals surface area (Å²) in [6, 6.07) is 12.3. The van der Waals surface area contributed by atoms with Crippen molar-refractivity contribution < 1.29 is 22.7 Å². The Labute approximate surface area is 191 Å². The van der Waals surface area contributed by atoms with Crippen molar-refractivity contribution >= 4 is 15.9 Å². The van der Waals surface area contributed by atoms with Gasteiger partial charge in [0.2, 0.25) is 10.0 Å². The van der Waals surface area contributed by atoms with E-state index < -0.39 is 10.0 Å². The predicted octanol–water partition coefficient (Wildman–Crippen LogP) is 3.72. The fraction of sp³-hybridized carbons (Fsp3) is 0.458. The van der Waals surface area contributed by atoms with Crippen LogP contribution in [0, 0.1) is 6.92 Å². The Morgan fingerprint density at radius 3 is 2.38 bits per heavy atom. The average molecular weight is 461 g/mol. The Morgan fingerprint density at radius 2 is 1.72 bits per heavy atom. The quantitative estimate of drug-likeness (QED) is 0.600. The smallest absolute Gasteiger partial charge is 0.253 e. The van der Waals surface area contributed by atoms with Crippen LogP contribution in [-0.4, -0.2) is 63.9 Å². The molecule has 0 radical (unpaired) electrons. The van der Waals surface area contributed by atoms with E-state index in [0.717, 1.165) is 37.0 Å². The lowest BCUT2D eigenvalue weighted by Crippen LogP contribution is -2.33. The van der Waals surface area contributed by atoms with Crippen molar-refractivity contribution in [2.75, 3.05) is 40.4 Å². The number of ether oxygens (including phenoxy) is 2. The molecule has 0 atom stereocenters. The highest BCUT2D eigenvalue weighted by Crippen LogP contribution is 2.29. The molecule has 0 aromatic heterocycles. The number of sulfonamides is 1. The van der Waals surface area contributed by atoms with Gasteiger partial charge in [0.15, 0.2) is 0 Å². The number of nitrogens with zero attached hydrogens (tertiary/aromatic N) is 2. The summed E-state index contributed by atoms with van der Waals surface area (Å²) in [7, 11) is -0.640. The molecule has 32 heavy (non-hydrogen) atoms. The van der Waals surface area contributed by atoms with Gasteiger partial charge in [-0.3, -0.25) is 4.79 Å². The lowest BCUT2D eigenvalue weighted by atomic mass is 10.2. The third-order valence-electron chi connectivity index (χ3n) is 5.72. The van der Waals surface area contributed by atoms with Crippen LogP contribution in [-0.2, 0) is 10.0 Å². The number of amides is 1. The topological polar surface area (TPSA) is 76.1 Å². The van der Waals surface area contributed by atoms with E-state index in [4.69, 9.17) is 9.47 Å². The molecule has 3 rings (SSSR count). The Kier molecular flexibility index (Phi) is 8.15. The van der Waals surface area contributed by atoms with E-state index in [9.17, 15) is 13.2 Å². The summed E-state index contributed by atoms with van der Waals surface area (Å²) in [5, 5.41) is 0. The molecular weight excluding hydrogens is 428 g/mol. The fourth-order valence-corrected chi connectivity index (χ4v) is 5.46. The number of carbonyl (C=O) groups is 1. The zero-order valence-corrected chi connectivity index (χ0v) is 19.9. The molecule has 1 saturated heterocycles. The molecule has 0 unspecified atom stereocenters. The van der Waals surface area contributed by atoms with Crippen LogP contribution in [0.1, 0.15) is 41.6 Å². The van der Waals surface area contributed by atoms with Crippen LogP contribution >= 0.6 is 0 Å². The van der Waals surface area contributed by atoms with Gasteiger partial charge in [-0.1, -0.05) is 31.0 Å². The maximum atomic E-state index is 13.3. The largest absolute Gasteiger partial charge is 0.495 e. The van der Waals surface area contributed by atoms with E-state index in [1.54, 1.807) is 19.2 Å². The van der Waals surface area contributed by atoms with Crippen LogP contribution in [0.15, 0.2) is 47.4 Å². The molecule has 0 bridgehead atoms. The van der Waals surface area contributed by atoms with Crippen molar-refractivity contribution in [3.8, 4) is 11.5 Å². The maximum absolute atomic E-state index is 13.3. The van der Waals surface area contributed by atoms with E-state index in [1.807, 2.05) is 31.2 Å². The number of hydrogen-bond donors (Lipinski definition) is 0. The van der Waals surface area contributed by atoms with Gasteiger partial charge in [-0.15, -0.1) is 0 Å². The van der Waals surface area contributed by atoms with E-state index >= 15 is 0 Å². The number of hydrogen-bond acceptors (Lipinski definition) is 5. The predicted molar refractivity (Wildman–Crippen MR) is 124 cm³/mol. The molecule has 174 valence electrons. The first-order valence-corrected chi connectivity index (χ1v) is 12.4. The molecule has 0 aliphatic carbocycles. The number of likely N-dealkylation sites (N-methyl/N-ethyl adjacent to an activating group) is 1. The van der Waals surface area contributed by atoms with Gasteiger partial charge in [-0.05, 0) is 49.6 Å². The maximum Gasteiger partial charge on any atom is 0.253 e. The average Bonchev–Trinajstić information content (AvgIpc) is 3.09. The minimum atomic E-state index is -3.75. The Morgan fingerprint density at radius 1 is 1.03 bits per heavy atom. The van der Waals surface area contributed by atoms with Gasteiger partial charge in [0.05, 0.1) is 13.7 Å². The van der Waals surface area contributed by atoms with E-state index in [-0.39, 0.29) is 16.6 Å².